The van der Waals surface area contributed by atoms with Crippen LogP contribution in [0.25, 0.3) is 0 Å². The van der Waals surface area contributed by atoms with Crippen molar-refractivity contribution in [3.63, 3.8) is 0 Å². The van der Waals surface area contributed by atoms with E-state index in [4.69, 9.17) is 4.74 Å². The molecule has 0 spiro atoms. The lowest BCUT2D eigenvalue weighted by Gasteiger charge is -2.17. The molecular weight excluding hydrogens is 268 g/mol. The SMILES string of the molecule is CCCc1c(C)cc(C(=O)NC(C)C)c(=O)n1CCOC. The highest BCUT2D eigenvalue weighted by Crippen LogP contribution is 2.11. The first-order chi connectivity index (χ1) is 9.92. The van der Waals surface area contributed by atoms with Crippen molar-refractivity contribution in [3.05, 3.63) is 33.2 Å². The molecule has 0 aliphatic carbocycles. The molecule has 1 amide bonds. The molecule has 0 saturated carbocycles. The molecule has 0 aliphatic heterocycles. The van der Waals surface area contributed by atoms with Crippen LogP contribution in [0, 0.1) is 6.92 Å². The average Bonchev–Trinajstić information content (AvgIpc) is 2.41. The normalized spacial score (nSPS) is 11.0. The lowest BCUT2D eigenvalue weighted by atomic mass is 10.1. The van der Waals surface area contributed by atoms with Crippen molar-refractivity contribution in [2.75, 3.05) is 13.7 Å². The van der Waals surface area contributed by atoms with Gasteiger partial charge >= 0.3 is 0 Å². The molecule has 1 N–H and O–H groups in total. The maximum absolute atomic E-state index is 12.6. The molecule has 1 rings (SSSR count). The second-order valence-corrected chi connectivity index (χ2v) is 5.52. The maximum Gasteiger partial charge on any atom is 0.263 e. The third kappa shape index (κ3) is 4.43. The molecule has 1 aromatic rings. The van der Waals surface area contributed by atoms with Crippen molar-refractivity contribution >= 4 is 5.91 Å². The largest absolute Gasteiger partial charge is 0.383 e. The Morgan fingerprint density at radius 3 is 2.62 bits per heavy atom. The molecule has 1 aromatic heterocycles. The number of nitrogens with one attached hydrogen (secondary N) is 1. The molecule has 0 radical (unpaired) electrons. The van der Waals surface area contributed by atoms with Crippen LogP contribution in [-0.4, -0.2) is 30.2 Å². The second-order valence-electron chi connectivity index (χ2n) is 5.52. The van der Waals surface area contributed by atoms with E-state index in [1.165, 1.54) is 0 Å². The number of amides is 1. The molecule has 0 fully saturated rings. The molecular formula is C16H26N2O3. The number of carbonyl (C=O) groups excluding carboxylic acids is 1. The number of carbonyl (C=O) groups is 1. The molecule has 0 aliphatic rings. The third-order valence-electron chi connectivity index (χ3n) is 3.29. The van der Waals surface area contributed by atoms with Gasteiger partial charge in [-0.15, -0.1) is 0 Å². The van der Waals surface area contributed by atoms with Crippen LogP contribution in [0.4, 0.5) is 0 Å². The third-order valence-corrected chi connectivity index (χ3v) is 3.29. The zero-order valence-corrected chi connectivity index (χ0v) is 13.7. The Bertz CT molecular complexity index is 547. The van der Waals surface area contributed by atoms with Crippen LogP contribution >= 0.6 is 0 Å². The lowest BCUT2D eigenvalue weighted by Crippen LogP contribution is -2.38. The van der Waals surface area contributed by atoms with Crippen LogP contribution in [0.2, 0.25) is 0 Å². The molecule has 1 heterocycles. The van der Waals surface area contributed by atoms with E-state index in [1.807, 2.05) is 20.8 Å². The second kappa shape index (κ2) is 7.98. The summed E-state index contributed by atoms with van der Waals surface area (Å²) in [6.45, 7) is 8.68. The predicted octanol–water partition coefficient (Wildman–Crippen LogP) is 1.89. The molecule has 5 heteroatoms. The van der Waals surface area contributed by atoms with Crippen molar-refractivity contribution in [1.29, 1.82) is 0 Å². The monoisotopic (exact) mass is 294 g/mol. The van der Waals surface area contributed by atoms with E-state index >= 15 is 0 Å². The van der Waals surface area contributed by atoms with Crippen molar-refractivity contribution in [2.24, 2.45) is 0 Å². The minimum absolute atomic E-state index is 0.0000467. The van der Waals surface area contributed by atoms with E-state index < -0.39 is 0 Å². The zero-order valence-electron chi connectivity index (χ0n) is 13.7. The van der Waals surface area contributed by atoms with Gasteiger partial charge in [-0.3, -0.25) is 9.59 Å². The van der Waals surface area contributed by atoms with Crippen molar-refractivity contribution in [3.8, 4) is 0 Å². The smallest absolute Gasteiger partial charge is 0.263 e. The fourth-order valence-electron chi connectivity index (χ4n) is 2.33. The Labute approximate surface area is 126 Å². The molecule has 0 unspecified atom stereocenters. The number of rotatable bonds is 7. The van der Waals surface area contributed by atoms with Gasteiger partial charge in [0.05, 0.1) is 6.61 Å². The van der Waals surface area contributed by atoms with Gasteiger partial charge in [0.2, 0.25) is 0 Å². The van der Waals surface area contributed by atoms with Crippen LogP contribution in [0.1, 0.15) is 48.8 Å². The van der Waals surface area contributed by atoms with Crippen LogP contribution in [-0.2, 0) is 17.7 Å². The van der Waals surface area contributed by atoms with Crippen LogP contribution in [0.5, 0.6) is 0 Å². The number of hydrogen-bond acceptors (Lipinski definition) is 3. The van der Waals surface area contributed by atoms with E-state index in [9.17, 15) is 9.59 Å². The van der Waals surface area contributed by atoms with Gasteiger partial charge in [-0.2, -0.15) is 0 Å². The van der Waals surface area contributed by atoms with Crippen molar-refractivity contribution < 1.29 is 9.53 Å². The van der Waals surface area contributed by atoms with Gasteiger partial charge in [0.25, 0.3) is 11.5 Å². The Morgan fingerprint density at radius 1 is 1.43 bits per heavy atom. The standard InChI is InChI=1S/C16H26N2O3/c1-6-7-14-12(4)10-13(15(19)17-11(2)3)16(20)18(14)8-9-21-5/h10-11H,6-9H2,1-5H3,(H,17,19). The van der Waals surface area contributed by atoms with Crippen LogP contribution in [0.3, 0.4) is 0 Å². The fraction of sp³-hybridized carbons (Fsp3) is 0.625. The summed E-state index contributed by atoms with van der Waals surface area (Å²) in [6.07, 6.45) is 1.77. The Morgan fingerprint density at radius 2 is 2.10 bits per heavy atom. The van der Waals surface area contributed by atoms with Gasteiger partial charge < -0.3 is 14.6 Å². The minimum atomic E-state index is -0.313. The van der Waals surface area contributed by atoms with Crippen LogP contribution < -0.4 is 10.9 Å². The summed E-state index contributed by atoms with van der Waals surface area (Å²) in [6, 6.07) is 1.70. The number of aryl methyl sites for hydroxylation is 1. The van der Waals surface area contributed by atoms with E-state index in [0.29, 0.717) is 13.2 Å². The highest BCUT2D eigenvalue weighted by molar-refractivity contribution is 5.94. The average molecular weight is 294 g/mol. The highest BCUT2D eigenvalue weighted by atomic mass is 16.5. The van der Waals surface area contributed by atoms with Gasteiger partial charge in [0, 0.05) is 25.4 Å². The number of hydrogen-bond donors (Lipinski definition) is 1. The number of nitrogens with zero attached hydrogens (tertiary/aromatic N) is 1. The molecule has 21 heavy (non-hydrogen) atoms. The topological polar surface area (TPSA) is 60.3 Å². The van der Waals surface area contributed by atoms with Gasteiger partial charge in [-0.1, -0.05) is 13.3 Å². The summed E-state index contributed by atoms with van der Waals surface area (Å²) in [5.41, 5.74) is 1.93. The molecule has 0 saturated heterocycles. The predicted molar refractivity (Wildman–Crippen MR) is 83.9 cm³/mol. The maximum atomic E-state index is 12.6. The van der Waals surface area contributed by atoms with E-state index in [2.05, 4.69) is 12.2 Å². The highest BCUT2D eigenvalue weighted by Gasteiger charge is 2.17. The zero-order chi connectivity index (χ0) is 16.0. The quantitative estimate of drug-likeness (QED) is 0.835. The number of aromatic nitrogens is 1. The van der Waals surface area contributed by atoms with Crippen molar-refractivity contribution in [2.45, 2.75) is 53.1 Å². The Kier molecular flexibility index (Phi) is 6.62. The summed E-state index contributed by atoms with van der Waals surface area (Å²) in [5, 5.41) is 2.78. The summed E-state index contributed by atoms with van der Waals surface area (Å²) in [5.74, 6) is -0.313. The Balaban J connectivity index is 3.32. The minimum Gasteiger partial charge on any atom is -0.383 e. The Hall–Kier alpha value is -1.62. The van der Waals surface area contributed by atoms with E-state index in [0.717, 1.165) is 24.1 Å². The van der Waals surface area contributed by atoms with Gasteiger partial charge in [0.1, 0.15) is 5.56 Å². The number of pyridine rings is 1. The van der Waals surface area contributed by atoms with Crippen LogP contribution in [0.15, 0.2) is 10.9 Å². The first-order valence-electron chi connectivity index (χ1n) is 7.45. The molecule has 0 aromatic carbocycles. The van der Waals surface area contributed by atoms with Gasteiger partial charge in [0.15, 0.2) is 0 Å². The summed E-state index contributed by atoms with van der Waals surface area (Å²) < 4.78 is 6.76. The number of methoxy groups -OCH3 is 1. The van der Waals surface area contributed by atoms with E-state index in [1.54, 1.807) is 17.7 Å². The molecule has 0 bridgehead atoms. The fourth-order valence-corrected chi connectivity index (χ4v) is 2.33. The summed E-state index contributed by atoms with van der Waals surface area (Å²) >= 11 is 0. The van der Waals surface area contributed by atoms with Gasteiger partial charge in [-0.05, 0) is 38.8 Å². The first-order valence-corrected chi connectivity index (χ1v) is 7.45. The molecule has 118 valence electrons. The summed E-state index contributed by atoms with van der Waals surface area (Å²) in [4.78, 5) is 24.8. The van der Waals surface area contributed by atoms with Crippen molar-refractivity contribution in [1.82, 2.24) is 9.88 Å². The number of ether oxygens (including phenoxy) is 1. The molecule has 0 atom stereocenters. The molecule has 5 nitrogen and oxygen atoms in total. The summed E-state index contributed by atoms with van der Waals surface area (Å²) in [7, 11) is 1.60. The van der Waals surface area contributed by atoms with Gasteiger partial charge in [-0.25, -0.2) is 0 Å². The first kappa shape index (κ1) is 17.4. The van der Waals surface area contributed by atoms with E-state index in [-0.39, 0.29) is 23.1 Å². The lowest BCUT2D eigenvalue weighted by molar-refractivity contribution is 0.0940.